The van der Waals surface area contributed by atoms with Crippen molar-refractivity contribution in [3.63, 3.8) is 0 Å². The van der Waals surface area contributed by atoms with Crippen molar-refractivity contribution in [2.24, 2.45) is 34.5 Å². The highest BCUT2D eigenvalue weighted by Crippen LogP contribution is 2.81. The Labute approximate surface area is 131 Å². The summed E-state index contributed by atoms with van der Waals surface area (Å²) in [5, 5.41) is 10.6. The molecule has 5 aliphatic rings. The number of aliphatic hydroxyl groups excluding tert-OH is 1. The summed E-state index contributed by atoms with van der Waals surface area (Å²) in [6.45, 7) is 2.32. The first-order valence-electron chi connectivity index (χ1n) is 9.09. The second-order valence-electron chi connectivity index (χ2n) is 8.87. The Kier molecular flexibility index (Phi) is 2.51. The van der Waals surface area contributed by atoms with Gasteiger partial charge in [0.1, 0.15) is 0 Å². The van der Waals surface area contributed by atoms with Crippen LogP contribution in [0.5, 0.6) is 0 Å². The van der Waals surface area contributed by atoms with Gasteiger partial charge in [-0.2, -0.15) is 0 Å². The molecule has 2 nitrogen and oxygen atoms in total. The van der Waals surface area contributed by atoms with Gasteiger partial charge in [0.15, 0.2) is 11.6 Å². The van der Waals surface area contributed by atoms with E-state index in [1.807, 2.05) is 0 Å². The maximum absolute atomic E-state index is 14.3. The highest BCUT2D eigenvalue weighted by molar-refractivity contribution is 5.95. The zero-order valence-electron chi connectivity index (χ0n) is 13.3. The molecule has 0 aromatic heterocycles. The molecule has 5 rings (SSSR count). The Morgan fingerprint density at radius 1 is 1.23 bits per heavy atom. The topological polar surface area (TPSA) is 37.3 Å². The second-order valence-corrected chi connectivity index (χ2v) is 8.87. The first-order chi connectivity index (χ1) is 10.5. The van der Waals surface area contributed by atoms with Gasteiger partial charge in [-0.1, -0.05) is 6.92 Å². The zero-order chi connectivity index (χ0) is 15.3. The standard InChI is InChI=1S/C19H25FO2/c1-18-7-6-12-11-3-5-15(21)17(20)13(11)2-4-14(12)19(18)9-10(19)8-16(18)22/h10-12,14,16,22H,2-9H2,1H3/t10-,11+,12+,14+,16+,18+,19+/m0/s1. The lowest BCUT2D eigenvalue weighted by atomic mass is 9.49. The minimum atomic E-state index is -0.390. The van der Waals surface area contributed by atoms with Gasteiger partial charge in [0.2, 0.25) is 0 Å². The highest BCUT2D eigenvalue weighted by Gasteiger charge is 2.77. The first-order valence-corrected chi connectivity index (χ1v) is 9.09. The number of aliphatic hydroxyl groups is 1. The molecule has 0 heterocycles. The predicted molar refractivity (Wildman–Crippen MR) is 80.6 cm³/mol. The average molecular weight is 304 g/mol. The molecule has 22 heavy (non-hydrogen) atoms. The normalized spacial score (nSPS) is 56.1. The largest absolute Gasteiger partial charge is 0.393 e. The Morgan fingerprint density at radius 2 is 2.05 bits per heavy atom. The van der Waals surface area contributed by atoms with Crippen LogP contribution in [0.15, 0.2) is 11.4 Å². The van der Waals surface area contributed by atoms with Gasteiger partial charge >= 0.3 is 0 Å². The van der Waals surface area contributed by atoms with Crippen LogP contribution in [-0.4, -0.2) is 17.0 Å². The van der Waals surface area contributed by atoms with Gasteiger partial charge in [-0.3, -0.25) is 4.79 Å². The van der Waals surface area contributed by atoms with Crippen LogP contribution >= 0.6 is 0 Å². The third-order valence-corrected chi connectivity index (χ3v) is 8.53. The van der Waals surface area contributed by atoms with Gasteiger partial charge in [0.25, 0.3) is 0 Å². The van der Waals surface area contributed by atoms with E-state index in [0.29, 0.717) is 35.5 Å². The molecule has 7 atom stereocenters. The molecular formula is C19H25FO2. The maximum atomic E-state index is 14.3. The molecule has 1 N–H and O–H groups in total. The van der Waals surface area contributed by atoms with E-state index in [0.717, 1.165) is 44.1 Å². The number of hydrogen-bond acceptors (Lipinski definition) is 2. The molecule has 0 aromatic carbocycles. The number of fused-ring (bicyclic) bond motifs is 3. The summed E-state index contributed by atoms with van der Waals surface area (Å²) >= 11 is 0. The van der Waals surface area contributed by atoms with Crippen molar-refractivity contribution in [2.75, 3.05) is 0 Å². The van der Waals surface area contributed by atoms with E-state index in [2.05, 4.69) is 6.92 Å². The lowest BCUT2D eigenvalue weighted by Gasteiger charge is -2.55. The van der Waals surface area contributed by atoms with E-state index >= 15 is 0 Å². The third kappa shape index (κ3) is 1.35. The van der Waals surface area contributed by atoms with Gasteiger partial charge in [-0.05, 0) is 85.0 Å². The average Bonchev–Trinajstić information content (AvgIpc) is 3.16. The van der Waals surface area contributed by atoms with E-state index in [-0.39, 0.29) is 23.1 Å². The molecule has 0 amide bonds. The SMILES string of the molecule is C[C@]12CC[C@H]3[C@@H](CCC4=C(F)C(=O)CC[C@@H]43)[C@]13C[C@@H]3C[C@H]2O. The molecule has 5 aliphatic carbocycles. The number of hydrogen-bond donors (Lipinski definition) is 1. The molecule has 0 saturated heterocycles. The number of carbonyl (C=O) groups is 1. The molecule has 4 saturated carbocycles. The molecule has 0 aromatic rings. The summed E-state index contributed by atoms with van der Waals surface area (Å²) < 4.78 is 14.3. The van der Waals surface area contributed by atoms with Crippen molar-refractivity contribution < 1.29 is 14.3 Å². The van der Waals surface area contributed by atoms with Crippen LogP contribution in [0.1, 0.15) is 58.3 Å². The van der Waals surface area contributed by atoms with Gasteiger partial charge in [0, 0.05) is 6.42 Å². The van der Waals surface area contributed by atoms with Crippen LogP contribution in [0, 0.1) is 34.5 Å². The van der Waals surface area contributed by atoms with Gasteiger partial charge < -0.3 is 5.11 Å². The van der Waals surface area contributed by atoms with Gasteiger partial charge in [-0.15, -0.1) is 0 Å². The molecular weight excluding hydrogens is 279 g/mol. The summed E-state index contributed by atoms with van der Waals surface area (Å²) in [7, 11) is 0. The van der Waals surface area contributed by atoms with Crippen molar-refractivity contribution in [3.8, 4) is 0 Å². The summed E-state index contributed by atoms with van der Waals surface area (Å²) in [5.41, 5.74) is 1.30. The molecule has 1 spiro atoms. The summed E-state index contributed by atoms with van der Waals surface area (Å²) in [4.78, 5) is 11.7. The summed E-state index contributed by atoms with van der Waals surface area (Å²) in [6, 6.07) is 0. The Bertz CT molecular complexity index is 596. The number of Topliss-reactive ketones (excluding diaryl/α,β-unsaturated/α-hetero) is 1. The summed E-state index contributed by atoms with van der Waals surface area (Å²) in [6.07, 6.45) is 7.43. The number of halogens is 1. The number of rotatable bonds is 0. The summed E-state index contributed by atoms with van der Waals surface area (Å²) in [5.74, 6) is 1.59. The van der Waals surface area contributed by atoms with E-state index in [4.69, 9.17) is 0 Å². The Hall–Kier alpha value is -0.700. The van der Waals surface area contributed by atoms with E-state index < -0.39 is 0 Å². The smallest absolute Gasteiger partial charge is 0.191 e. The lowest BCUT2D eigenvalue weighted by molar-refractivity contribution is -0.119. The molecule has 4 fully saturated rings. The van der Waals surface area contributed by atoms with Crippen LogP contribution in [0.2, 0.25) is 0 Å². The monoisotopic (exact) mass is 304 g/mol. The fourth-order valence-corrected chi connectivity index (χ4v) is 7.45. The molecule has 0 bridgehead atoms. The van der Waals surface area contributed by atoms with Crippen molar-refractivity contribution in [3.05, 3.63) is 11.4 Å². The molecule has 120 valence electrons. The van der Waals surface area contributed by atoms with Crippen LogP contribution in [0.25, 0.3) is 0 Å². The van der Waals surface area contributed by atoms with Crippen molar-refractivity contribution in [1.82, 2.24) is 0 Å². The molecule has 3 heteroatoms. The van der Waals surface area contributed by atoms with E-state index in [9.17, 15) is 14.3 Å². The van der Waals surface area contributed by atoms with Gasteiger partial charge in [0.05, 0.1) is 6.10 Å². The maximum Gasteiger partial charge on any atom is 0.191 e. The highest BCUT2D eigenvalue weighted by atomic mass is 19.1. The zero-order valence-corrected chi connectivity index (χ0v) is 13.3. The third-order valence-electron chi connectivity index (χ3n) is 8.53. The predicted octanol–water partition coefficient (Wildman–Crippen LogP) is 3.79. The Morgan fingerprint density at radius 3 is 2.86 bits per heavy atom. The van der Waals surface area contributed by atoms with Gasteiger partial charge in [-0.25, -0.2) is 4.39 Å². The minimum Gasteiger partial charge on any atom is -0.393 e. The number of ketones is 1. The quantitative estimate of drug-likeness (QED) is 0.739. The molecule has 0 unspecified atom stereocenters. The van der Waals surface area contributed by atoms with E-state index in [1.54, 1.807) is 0 Å². The molecule has 0 aliphatic heterocycles. The van der Waals surface area contributed by atoms with Crippen molar-refractivity contribution in [2.45, 2.75) is 64.4 Å². The second kappa shape index (κ2) is 4.03. The van der Waals surface area contributed by atoms with E-state index in [1.165, 1.54) is 6.42 Å². The van der Waals surface area contributed by atoms with Crippen LogP contribution in [0.4, 0.5) is 4.39 Å². The van der Waals surface area contributed by atoms with Crippen molar-refractivity contribution >= 4 is 5.78 Å². The minimum absolute atomic E-state index is 0.100. The van der Waals surface area contributed by atoms with Crippen LogP contribution in [0.3, 0.4) is 0 Å². The van der Waals surface area contributed by atoms with Crippen LogP contribution < -0.4 is 0 Å². The first kappa shape index (κ1) is 13.7. The van der Waals surface area contributed by atoms with Crippen LogP contribution in [-0.2, 0) is 4.79 Å². The fourth-order valence-electron chi connectivity index (χ4n) is 7.45. The lowest BCUT2D eigenvalue weighted by Crippen LogP contribution is -2.50. The molecule has 0 radical (unpaired) electrons. The van der Waals surface area contributed by atoms with Crippen molar-refractivity contribution in [1.29, 1.82) is 0 Å². The fraction of sp³-hybridized carbons (Fsp3) is 0.842. The number of carbonyl (C=O) groups excluding carboxylic acids is 1. The number of allylic oxidation sites excluding steroid dienone is 1. The Balaban J connectivity index is 1.54.